The molecule has 446 valence electrons. The number of rotatable bonds is 23. The number of halogens is 1. The quantitative estimate of drug-likeness (QED) is 0.0472. The first kappa shape index (κ1) is 58.2. The topological polar surface area (TPSA) is 265 Å². The minimum absolute atomic E-state index is 0.0159. The molecule has 6 heterocycles. The number of likely N-dealkylation sites (N-methyl/N-ethyl adjacent to an activating group) is 1. The van der Waals surface area contributed by atoms with Gasteiger partial charge in [-0.2, -0.15) is 10.2 Å². The van der Waals surface area contributed by atoms with Gasteiger partial charge in [0, 0.05) is 66.7 Å². The molecule has 8 aromatic rings. The highest BCUT2D eigenvalue weighted by atomic mass is 19.1. The van der Waals surface area contributed by atoms with E-state index in [-0.39, 0.29) is 62.1 Å². The second-order valence-corrected chi connectivity index (χ2v) is 22.9. The minimum Gasteiger partial charge on any atom is -0.486 e. The number of amides is 4. The van der Waals surface area contributed by atoms with E-state index in [2.05, 4.69) is 47.3 Å². The Balaban J connectivity index is 0.864. The number of urea groups is 1. The van der Waals surface area contributed by atoms with Gasteiger partial charge in [0.2, 0.25) is 17.7 Å². The Bertz CT molecular complexity index is 3680. The van der Waals surface area contributed by atoms with Crippen LogP contribution in [-0.4, -0.2) is 179 Å². The Labute approximate surface area is 490 Å². The fraction of sp³-hybridized carbons (Fsp3) is 0.426. The number of H-pyrrole nitrogens is 1. The summed E-state index contributed by atoms with van der Waals surface area (Å²) in [6.45, 7) is 9.17. The summed E-state index contributed by atoms with van der Waals surface area (Å²) in [6.07, 6.45) is 6.69. The lowest BCUT2D eigenvalue weighted by Crippen LogP contribution is -2.59. The van der Waals surface area contributed by atoms with Gasteiger partial charge in [-0.15, -0.1) is 5.10 Å². The number of β-amino-alcohol motifs (C(OH)–C–C–N with tert-alkyl or cyclic N) is 1. The maximum Gasteiger partial charge on any atom is 0.317 e. The van der Waals surface area contributed by atoms with Gasteiger partial charge < -0.3 is 54.5 Å². The van der Waals surface area contributed by atoms with Gasteiger partial charge >= 0.3 is 6.03 Å². The van der Waals surface area contributed by atoms with Crippen LogP contribution >= 0.6 is 0 Å². The van der Waals surface area contributed by atoms with Crippen molar-refractivity contribution in [2.75, 3.05) is 67.1 Å². The van der Waals surface area contributed by atoms with Crippen molar-refractivity contribution in [2.45, 2.75) is 95.9 Å². The lowest BCUT2D eigenvalue weighted by Gasteiger charge is -2.39. The first-order valence-corrected chi connectivity index (χ1v) is 28.7. The van der Waals surface area contributed by atoms with E-state index in [9.17, 15) is 24.6 Å². The number of hydrogen-bond acceptors (Lipinski definition) is 16. The zero-order valence-corrected chi connectivity index (χ0v) is 48.6. The molecule has 5 atom stereocenters. The van der Waals surface area contributed by atoms with Crippen LogP contribution in [0.2, 0.25) is 0 Å². The number of aromatic amines is 1. The molecule has 1 saturated carbocycles. The Morgan fingerprint density at radius 1 is 0.965 bits per heavy atom. The number of pyridine rings is 1. The highest BCUT2D eigenvalue weighted by Gasteiger charge is 2.44. The van der Waals surface area contributed by atoms with Crippen molar-refractivity contribution < 1.29 is 47.9 Å². The molecule has 0 spiro atoms. The van der Waals surface area contributed by atoms with Crippen LogP contribution < -0.4 is 24.8 Å². The van der Waals surface area contributed by atoms with Crippen LogP contribution in [0.3, 0.4) is 0 Å². The summed E-state index contributed by atoms with van der Waals surface area (Å²) in [5, 5.41) is 48.9. The zero-order chi connectivity index (χ0) is 59.6. The van der Waals surface area contributed by atoms with E-state index >= 15 is 4.39 Å². The molecule has 0 unspecified atom stereocenters. The Hall–Kier alpha value is -8.58. The average Bonchev–Trinajstić information content (AvgIpc) is 3.30. The van der Waals surface area contributed by atoms with E-state index in [0.29, 0.717) is 87.6 Å². The molecular weight excluding hydrogens is 1090 g/mol. The molecular formula is C61H71FN14O9. The van der Waals surface area contributed by atoms with E-state index in [0.717, 1.165) is 35.0 Å². The van der Waals surface area contributed by atoms with Crippen molar-refractivity contribution in [1.82, 2.24) is 70.3 Å². The predicted molar refractivity (Wildman–Crippen MR) is 313 cm³/mol. The summed E-state index contributed by atoms with van der Waals surface area (Å²) in [5.74, 6) is -0.312. The number of benzene rings is 4. The molecule has 3 fully saturated rings. The number of ether oxygens (including phenoxy) is 4. The molecule has 5 N–H and O–H groups in total. The number of hydrogen-bond donors (Lipinski definition) is 5. The highest BCUT2D eigenvalue weighted by molar-refractivity contribution is 6.05. The third-order valence-corrected chi connectivity index (χ3v) is 16.0. The Kier molecular flexibility index (Phi) is 17.1. The molecule has 3 aliphatic rings. The number of nitrogens with one attached hydrogen (secondary N) is 3. The maximum absolute atomic E-state index is 16.2. The van der Waals surface area contributed by atoms with E-state index in [1.807, 2.05) is 64.0 Å². The third-order valence-electron chi connectivity index (χ3n) is 16.0. The van der Waals surface area contributed by atoms with Crippen LogP contribution in [0.1, 0.15) is 80.3 Å². The maximum atomic E-state index is 16.2. The molecule has 85 heavy (non-hydrogen) atoms. The van der Waals surface area contributed by atoms with Crippen LogP contribution in [0, 0.1) is 18.7 Å². The standard InChI is InChI=1S/C61H71FN14O9/c1-34(2)57(60(80)74-25-42(78)20-51(74)59(79)67-50(29-77)40-14-16-41(17-15-40)76-33-63-32-66-76)75-28-49(70-71-75)39-10-8-37(9-11-39)31-84-58-55(54-36(4)47(62)22-48-46(54)24-65-69-48)44(38-12-13-38)21-45-52(23-53(68-56(45)58)83-30-35(3)82-7)85-43-26-73(27-43)61(81)64-18-19-72(5)6/h8-11,14-17,21-24,28,32-35,38,42-43,50-51,57,77-78H,12-13,18-20,25-27,29-31H2,1-7H3,(H,64,81)(H,65,69)(H,67,79)/t35-,42+,50-,51-,57-/m0/s1. The van der Waals surface area contributed by atoms with Crippen molar-refractivity contribution >= 4 is 39.7 Å². The monoisotopic (exact) mass is 1160 g/mol. The second kappa shape index (κ2) is 24.9. The normalized spacial score (nSPS) is 17.4. The number of aliphatic hydroxyl groups excluding tert-OH is 2. The number of methoxy groups -OCH3 is 1. The molecule has 4 aromatic carbocycles. The Morgan fingerprint density at radius 2 is 1.74 bits per heavy atom. The number of carbonyl (C=O) groups excluding carboxylic acids is 3. The molecule has 23 nitrogen and oxygen atoms in total. The van der Waals surface area contributed by atoms with Crippen molar-refractivity contribution in [2.24, 2.45) is 5.92 Å². The van der Waals surface area contributed by atoms with E-state index in [1.54, 1.807) is 72.7 Å². The molecule has 0 radical (unpaired) electrons. The Morgan fingerprint density at radius 3 is 2.44 bits per heavy atom. The molecule has 24 heteroatoms. The summed E-state index contributed by atoms with van der Waals surface area (Å²) in [6, 6.07) is 17.2. The van der Waals surface area contributed by atoms with Crippen LogP contribution in [0.25, 0.3) is 49.9 Å². The minimum atomic E-state index is -1.01. The fourth-order valence-electron chi connectivity index (χ4n) is 11.1. The molecule has 2 aliphatic heterocycles. The first-order chi connectivity index (χ1) is 41.0. The number of aromatic nitrogens is 9. The molecule has 2 saturated heterocycles. The molecule has 0 bridgehead atoms. The number of nitrogens with zero attached hydrogens (tertiary/aromatic N) is 11. The van der Waals surface area contributed by atoms with Crippen LogP contribution in [0.5, 0.6) is 17.4 Å². The van der Waals surface area contributed by atoms with Gasteiger partial charge in [0.25, 0.3) is 0 Å². The molecule has 11 rings (SSSR count). The van der Waals surface area contributed by atoms with Gasteiger partial charge in [-0.3, -0.25) is 14.7 Å². The van der Waals surface area contributed by atoms with Gasteiger partial charge in [-0.25, -0.2) is 28.5 Å². The van der Waals surface area contributed by atoms with Gasteiger partial charge in [-0.05, 0) is 99.1 Å². The van der Waals surface area contributed by atoms with E-state index in [1.165, 1.54) is 22.0 Å². The first-order valence-electron chi connectivity index (χ1n) is 28.7. The largest absolute Gasteiger partial charge is 0.486 e. The predicted octanol–water partition coefficient (Wildman–Crippen LogP) is 6.28. The van der Waals surface area contributed by atoms with Crippen LogP contribution in [0.15, 0.2) is 91.8 Å². The summed E-state index contributed by atoms with van der Waals surface area (Å²) >= 11 is 0. The third kappa shape index (κ3) is 12.5. The van der Waals surface area contributed by atoms with Crippen molar-refractivity contribution in [3.8, 4) is 45.5 Å². The lowest BCUT2D eigenvalue weighted by molar-refractivity contribution is -0.142. The van der Waals surface area contributed by atoms with Crippen LogP contribution in [0.4, 0.5) is 9.18 Å². The summed E-state index contributed by atoms with van der Waals surface area (Å²) < 4.78 is 44.9. The summed E-state index contributed by atoms with van der Waals surface area (Å²) in [4.78, 5) is 55.8. The smallest absolute Gasteiger partial charge is 0.317 e. The van der Waals surface area contributed by atoms with E-state index in [4.69, 9.17) is 23.9 Å². The fourth-order valence-corrected chi connectivity index (χ4v) is 11.1. The van der Waals surface area contributed by atoms with E-state index < -0.39 is 48.5 Å². The van der Waals surface area contributed by atoms with Gasteiger partial charge in [0.1, 0.15) is 66.8 Å². The summed E-state index contributed by atoms with van der Waals surface area (Å²) in [5.41, 5.74) is 7.05. The number of aliphatic hydroxyl groups is 2. The molecule has 4 aromatic heterocycles. The van der Waals surface area contributed by atoms with Gasteiger partial charge in [0.15, 0.2) is 5.75 Å². The van der Waals surface area contributed by atoms with Gasteiger partial charge in [-0.1, -0.05) is 55.5 Å². The number of fused-ring (bicyclic) bond motifs is 2. The number of carbonyl (C=O) groups is 3. The van der Waals surface area contributed by atoms with Crippen molar-refractivity contribution in [3.63, 3.8) is 0 Å². The number of likely N-dealkylation sites (tertiary alicyclic amines) is 2. The lowest BCUT2D eigenvalue weighted by atomic mass is 9.88. The zero-order valence-electron chi connectivity index (χ0n) is 48.6. The van der Waals surface area contributed by atoms with Gasteiger partial charge in [0.05, 0.1) is 61.5 Å². The van der Waals surface area contributed by atoms with Crippen LogP contribution in [-0.2, 0) is 20.9 Å². The molecule has 4 amide bonds. The second-order valence-electron chi connectivity index (χ2n) is 22.9. The van der Waals surface area contributed by atoms with Crippen molar-refractivity contribution in [1.29, 1.82) is 0 Å². The van der Waals surface area contributed by atoms with Crippen molar-refractivity contribution in [3.05, 3.63) is 120 Å². The SMILES string of the molecule is CO[C@@H](C)COc1cc(OC2CN(C(=O)NCCN(C)C)C2)c2cc(C3CC3)c(-c3c(C)c(F)cc4[nH]ncc34)c(OCc3ccc(-c4cn([C@H](C(=O)N5C[C@H](O)C[C@H]5C(=O)N[C@@H](CO)c5ccc(-n6cncn6)cc5)C(C)C)nn4)cc3)c2n1. The summed E-state index contributed by atoms with van der Waals surface area (Å²) in [7, 11) is 5.51. The average molecular weight is 1160 g/mol. The highest BCUT2D eigenvalue weighted by Crippen LogP contribution is 2.53. The molecule has 1 aliphatic carbocycles.